The van der Waals surface area contributed by atoms with E-state index in [0.717, 1.165) is 21.9 Å². The Labute approximate surface area is 238 Å². The van der Waals surface area contributed by atoms with E-state index in [1.807, 2.05) is 58.0 Å². The van der Waals surface area contributed by atoms with Gasteiger partial charge in [-0.1, -0.05) is 61.9 Å². The van der Waals surface area contributed by atoms with Crippen molar-refractivity contribution in [1.82, 2.24) is 10.2 Å². The van der Waals surface area contributed by atoms with Gasteiger partial charge in [-0.2, -0.15) is 0 Å². The van der Waals surface area contributed by atoms with Crippen LogP contribution in [0.15, 0.2) is 83.8 Å². The zero-order valence-electron chi connectivity index (χ0n) is 23.7. The van der Waals surface area contributed by atoms with E-state index in [1.54, 1.807) is 36.4 Å². The average molecular weight is 566 g/mol. The molecule has 214 valence electrons. The standard InChI is InChI=1S/C31H39N3O5S/c1-5-21-32-31(36)29(6-2)33(22-25-11-9-8-10-12-25)30(35)23-34(26-15-17-27(18-16-26)39-7-3)40(37,38)28-19-13-24(4)14-20-28/h8-20,29H,5-7,21-23H2,1-4H3,(H,32,36)/t29-/m1/s1. The Kier molecular flexibility index (Phi) is 11.1. The lowest BCUT2D eigenvalue weighted by Crippen LogP contribution is -2.52. The van der Waals surface area contributed by atoms with Crippen LogP contribution < -0.4 is 14.4 Å². The van der Waals surface area contributed by atoms with Crippen molar-refractivity contribution in [3.63, 3.8) is 0 Å². The lowest BCUT2D eigenvalue weighted by atomic mass is 10.1. The van der Waals surface area contributed by atoms with Gasteiger partial charge < -0.3 is 15.0 Å². The summed E-state index contributed by atoms with van der Waals surface area (Å²) in [6, 6.07) is 21.7. The van der Waals surface area contributed by atoms with Gasteiger partial charge in [0.15, 0.2) is 0 Å². The molecule has 1 N–H and O–H groups in total. The van der Waals surface area contributed by atoms with Crippen LogP contribution in [0, 0.1) is 6.92 Å². The number of hydrogen-bond donors (Lipinski definition) is 1. The van der Waals surface area contributed by atoms with Crippen LogP contribution in [0.25, 0.3) is 0 Å². The fraction of sp³-hybridized carbons (Fsp3) is 0.355. The summed E-state index contributed by atoms with van der Waals surface area (Å²) in [6.45, 7) is 8.18. The van der Waals surface area contributed by atoms with Crippen molar-refractivity contribution in [2.24, 2.45) is 0 Å². The molecule has 8 nitrogen and oxygen atoms in total. The van der Waals surface area contributed by atoms with Gasteiger partial charge in [0, 0.05) is 13.1 Å². The van der Waals surface area contributed by atoms with Gasteiger partial charge in [-0.15, -0.1) is 0 Å². The zero-order chi connectivity index (χ0) is 29.1. The molecule has 3 aromatic rings. The highest BCUT2D eigenvalue weighted by Gasteiger charge is 2.33. The Hall–Kier alpha value is -3.85. The Morgan fingerprint density at radius 2 is 1.55 bits per heavy atom. The Balaban J connectivity index is 2.04. The number of sulfonamides is 1. The third-order valence-corrected chi connectivity index (χ3v) is 8.24. The molecule has 0 heterocycles. The fourth-order valence-corrected chi connectivity index (χ4v) is 5.72. The van der Waals surface area contributed by atoms with Crippen LogP contribution in [0.5, 0.6) is 5.75 Å². The molecule has 40 heavy (non-hydrogen) atoms. The first kappa shape index (κ1) is 30.7. The molecule has 3 aromatic carbocycles. The Morgan fingerprint density at radius 3 is 2.12 bits per heavy atom. The summed E-state index contributed by atoms with van der Waals surface area (Å²) in [4.78, 5) is 28.7. The molecule has 2 amide bonds. The quantitative estimate of drug-likeness (QED) is 0.299. The minimum atomic E-state index is -4.12. The number of ether oxygens (including phenoxy) is 1. The normalized spacial score (nSPS) is 11.9. The Morgan fingerprint density at radius 1 is 0.900 bits per heavy atom. The van der Waals surface area contributed by atoms with E-state index in [-0.39, 0.29) is 17.3 Å². The van der Waals surface area contributed by atoms with Crippen molar-refractivity contribution in [3.8, 4) is 5.75 Å². The lowest BCUT2D eigenvalue weighted by Gasteiger charge is -2.33. The maximum atomic E-state index is 14.0. The highest BCUT2D eigenvalue weighted by atomic mass is 32.2. The van der Waals surface area contributed by atoms with Crippen LogP contribution >= 0.6 is 0 Å². The number of hydrogen-bond acceptors (Lipinski definition) is 5. The molecule has 3 rings (SSSR count). The second-order valence-electron chi connectivity index (χ2n) is 9.47. The van der Waals surface area contributed by atoms with E-state index in [4.69, 9.17) is 4.74 Å². The van der Waals surface area contributed by atoms with E-state index >= 15 is 0 Å². The van der Waals surface area contributed by atoms with Crippen LogP contribution in [0.1, 0.15) is 44.7 Å². The SMILES string of the molecule is CCCNC(=O)[C@@H](CC)N(Cc1ccccc1)C(=O)CN(c1ccc(OCC)cc1)S(=O)(=O)c1ccc(C)cc1. The van der Waals surface area contributed by atoms with E-state index in [2.05, 4.69) is 5.32 Å². The number of aryl methyl sites for hydroxylation is 1. The molecule has 0 aromatic heterocycles. The second kappa shape index (κ2) is 14.5. The number of amides is 2. The molecule has 0 aliphatic rings. The molecule has 0 bridgehead atoms. The smallest absolute Gasteiger partial charge is 0.264 e. The Bertz CT molecular complexity index is 1340. The van der Waals surface area contributed by atoms with Crippen LogP contribution in [0.4, 0.5) is 5.69 Å². The summed E-state index contributed by atoms with van der Waals surface area (Å²) in [5, 5.41) is 2.89. The summed E-state index contributed by atoms with van der Waals surface area (Å²) in [5.41, 5.74) is 2.08. The predicted molar refractivity (Wildman–Crippen MR) is 158 cm³/mol. The zero-order valence-corrected chi connectivity index (χ0v) is 24.5. The van der Waals surface area contributed by atoms with Gasteiger partial charge in [0.1, 0.15) is 18.3 Å². The molecule has 0 aliphatic heterocycles. The van der Waals surface area contributed by atoms with E-state index < -0.39 is 28.5 Å². The number of nitrogens with one attached hydrogen (secondary N) is 1. The summed E-state index contributed by atoms with van der Waals surface area (Å²) in [5.74, 6) is -0.149. The molecule has 9 heteroatoms. The largest absolute Gasteiger partial charge is 0.494 e. The second-order valence-corrected chi connectivity index (χ2v) is 11.3. The first-order chi connectivity index (χ1) is 19.2. The first-order valence-electron chi connectivity index (χ1n) is 13.6. The third-order valence-electron chi connectivity index (χ3n) is 6.45. The molecule has 1 atom stereocenters. The summed E-state index contributed by atoms with van der Waals surface area (Å²) in [6.07, 6.45) is 1.14. The van der Waals surface area contributed by atoms with Gasteiger partial charge in [-0.05, 0) is 68.7 Å². The maximum absolute atomic E-state index is 14.0. The van der Waals surface area contributed by atoms with Crippen molar-refractivity contribution in [1.29, 1.82) is 0 Å². The molecule has 0 saturated heterocycles. The van der Waals surface area contributed by atoms with Gasteiger partial charge >= 0.3 is 0 Å². The summed E-state index contributed by atoms with van der Waals surface area (Å²) >= 11 is 0. The van der Waals surface area contributed by atoms with E-state index in [0.29, 0.717) is 31.0 Å². The number of rotatable bonds is 14. The maximum Gasteiger partial charge on any atom is 0.264 e. The molecular formula is C31H39N3O5S. The van der Waals surface area contributed by atoms with Crippen molar-refractivity contribution in [3.05, 3.63) is 90.0 Å². The molecule has 0 fully saturated rings. The molecule has 0 radical (unpaired) electrons. The number of benzene rings is 3. The van der Waals surface area contributed by atoms with Crippen molar-refractivity contribution >= 4 is 27.5 Å². The van der Waals surface area contributed by atoms with Crippen LogP contribution in [0.3, 0.4) is 0 Å². The molecule has 0 saturated carbocycles. The summed E-state index contributed by atoms with van der Waals surface area (Å²) in [7, 11) is -4.12. The third kappa shape index (κ3) is 7.85. The van der Waals surface area contributed by atoms with E-state index in [1.165, 1.54) is 17.0 Å². The minimum Gasteiger partial charge on any atom is -0.494 e. The number of carbonyl (C=O) groups is 2. The molecule has 0 spiro atoms. The number of anilines is 1. The topological polar surface area (TPSA) is 96.0 Å². The monoisotopic (exact) mass is 565 g/mol. The van der Waals surface area contributed by atoms with Gasteiger partial charge in [0.25, 0.3) is 10.0 Å². The number of carbonyl (C=O) groups excluding carboxylic acids is 2. The van der Waals surface area contributed by atoms with Crippen LogP contribution in [-0.4, -0.2) is 50.9 Å². The van der Waals surface area contributed by atoms with Gasteiger partial charge in [-0.3, -0.25) is 13.9 Å². The van der Waals surface area contributed by atoms with E-state index in [9.17, 15) is 18.0 Å². The van der Waals surface area contributed by atoms with Gasteiger partial charge in [-0.25, -0.2) is 8.42 Å². The van der Waals surface area contributed by atoms with Crippen LogP contribution in [0.2, 0.25) is 0 Å². The van der Waals surface area contributed by atoms with Crippen molar-refractivity contribution in [2.45, 2.75) is 58.0 Å². The number of nitrogens with zero attached hydrogens (tertiary/aromatic N) is 2. The lowest BCUT2D eigenvalue weighted by molar-refractivity contribution is -0.140. The highest BCUT2D eigenvalue weighted by molar-refractivity contribution is 7.92. The average Bonchev–Trinajstić information content (AvgIpc) is 2.96. The first-order valence-corrected chi connectivity index (χ1v) is 15.1. The highest BCUT2D eigenvalue weighted by Crippen LogP contribution is 2.27. The molecule has 0 unspecified atom stereocenters. The van der Waals surface area contributed by atoms with Gasteiger partial charge in [0.2, 0.25) is 11.8 Å². The molecular weight excluding hydrogens is 526 g/mol. The van der Waals surface area contributed by atoms with Crippen LogP contribution in [-0.2, 0) is 26.2 Å². The minimum absolute atomic E-state index is 0.0714. The predicted octanol–water partition coefficient (Wildman–Crippen LogP) is 4.92. The van der Waals surface area contributed by atoms with Crippen molar-refractivity contribution < 1.29 is 22.7 Å². The fourth-order valence-electron chi connectivity index (χ4n) is 4.31. The van der Waals surface area contributed by atoms with Gasteiger partial charge in [0.05, 0.1) is 17.2 Å². The van der Waals surface area contributed by atoms with Crippen molar-refractivity contribution in [2.75, 3.05) is 24.0 Å². The molecule has 0 aliphatic carbocycles. The summed E-state index contributed by atoms with van der Waals surface area (Å²) < 4.78 is 34.5.